The molecule has 0 fully saturated rings. The molecule has 0 bridgehead atoms. The third kappa shape index (κ3) is 2.49. The fourth-order valence-electron chi connectivity index (χ4n) is 1.87. The third-order valence-corrected chi connectivity index (χ3v) is 3.19. The Bertz CT molecular complexity index is 697. The summed E-state index contributed by atoms with van der Waals surface area (Å²) in [4.78, 5) is 0. The standard InChI is InChI=1S/C12H11ClN4.C2H6/c1-8-3-12-9(4-11(8)13)5-15-17(12)10-6-14-16(2)7-10;1-2/h3-7H,1-2H3;1-2H3. The van der Waals surface area contributed by atoms with E-state index < -0.39 is 0 Å². The summed E-state index contributed by atoms with van der Waals surface area (Å²) in [5.74, 6) is 0. The molecule has 0 radical (unpaired) electrons. The van der Waals surface area contributed by atoms with Crippen molar-refractivity contribution in [3.05, 3.63) is 41.3 Å². The summed E-state index contributed by atoms with van der Waals surface area (Å²) in [6.45, 7) is 5.99. The Morgan fingerprint density at radius 1 is 1.11 bits per heavy atom. The first-order valence-corrected chi connectivity index (χ1v) is 6.66. The molecular formula is C14H17ClN4. The topological polar surface area (TPSA) is 35.6 Å². The predicted octanol–water partition coefficient (Wildman–Crippen LogP) is 3.75. The molecule has 0 spiro atoms. The van der Waals surface area contributed by atoms with Crippen molar-refractivity contribution in [3.63, 3.8) is 0 Å². The van der Waals surface area contributed by atoms with Crippen LogP contribution in [0.5, 0.6) is 0 Å². The van der Waals surface area contributed by atoms with Gasteiger partial charge in [-0.2, -0.15) is 10.2 Å². The highest BCUT2D eigenvalue weighted by atomic mass is 35.5. The first-order valence-electron chi connectivity index (χ1n) is 6.28. The van der Waals surface area contributed by atoms with E-state index >= 15 is 0 Å². The molecular weight excluding hydrogens is 260 g/mol. The Kier molecular flexibility index (Phi) is 3.90. The molecule has 0 atom stereocenters. The van der Waals surface area contributed by atoms with Gasteiger partial charge in [0, 0.05) is 17.5 Å². The van der Waals surface area contributed by atoms with Crippen molar-refractivity contribution >= 4 is 22.5 Å². The first kappa shape index (κ1) is 13.6. The van der Waals surface area contributed by atoms with Gasteiger partial charge in [-0.3, -0.25) is 4.68 Å². The van der Waals surface area contributed by atoms with Gasteiger partial charge in [0.2, 0.25) is 0 Å². The van der Waals surface area contributed by atoms with Crippen molar-refractivity contribution in [1.82, 2.24) is 19.6 Å². The second-order valence-electron chi connectivity index (χ2n) is 4.09. The highest BCUT2D eigenvalue weighted by Gasteiger charge is 2.08. The lowest BCUT2D eigenvalue weighted by molar-refractivity contribution is 0.766. The summed E-state index contributed by atoms with van der Waals surface area (Å²) in [6, 6.07) is 3.98. The van der Waals surface area contributed by atoms with Crippen molar-refractivity contribution in [2.45, 2.75) is 20.8 Å². The van der Waals surface area contributed by atoms with E-state index in [1.54, 1.807) is 10.9 Å². The molecule has 5 heteroatoms. The van der Waals surface area contributed by atoms with Crippen LogP contribution in [0, 0.1) is 6.92 Å². The minimum absolute atomic E-state index is 0.767. The Hall–Kier alpha value is -1.81. The summed E-state index contributed by atoms with van der Waals surface area (Å²) in [5, 5.41) is 10.3. The molecule has 0 saturated carbocycles. The SMILES string of the molecule is CC.Cc1cc2c(cnn2-c2cnn(C)c2)cc1Cl. The third-order valence-electron chi connectivity index (χ3n) is 2.78. The van der Waals surface area contributed by atoms with E-state index in [2.05, 4.69) is 10.2 Å². The van der Waals surface area contributed by atoms with Gasteiger partial charge in [-0.1, -0.05) is 25.4 Å². The van der Waals surface area contributed by atoms with E-state index in [4.69, 9.17) is 11.6 Å². The number of benzene rings is 1. The van der Waals surface area contributed by atoms with Gasteiger partial charge in [-0.05, 0) is 24.6 Å². The molecule has 3 aromatic rings. The molecule has 0 N–H and O–H groups in total. The number of fused-ring (bicyclic) bond motifs is 1. The fourth-order valence-corrected chi connectivity index (χ4v) is 2.05. The van der Waals surface area contributed by atoms with Crippen LogP contribution >= 0.6 is 11.6 Å². The number of nitrogens with zero attached hydrogens (tertiary/aromatic N) is 4. The van der Waals surface area contributed by atoms with Crippen LogP contribution in [0.2, 0.25) is 5.02 Å². The molecule has 2 heterocycles. The highest BCUT2D eigenvalue weighted by molar-refractivity contribution is 6.32. The van der Waals surface area contributed by atoms with E-state index in [0.29, 0.717) is 0 Å². The summed E-state index contributed by atoms with van der Waals surface area (Å²) >= 11 is 6.09. The monoisotopic (exact) mass is 276 g/mol. The Morgan fingerprint density at radius 3 is 2.47 bits per heavy atom. The number of hydrogen-bond donors (Lipinski definition) is 0. The zero-order valence-electron chi connectivity index (χ0n) is 11.6. The molecule has 0 amide bonds. The van der Waals surface area contributed by atoms with Crippen LogP contribution in [0.1, 0.15) is 19.4 Å². The molecule has 100 valence electrons. The molecule has 2 aromatic heterocycles. The molecule has 0 aliphatic rings. The van der Waals surface area contributed by atoms with Gasteiger partial charge in [0.05, 0.1) is 24.1 Å². The second kappa shape index (κ2) is 5.45. The van der Waals surface area contributed by atoms with Crippen LogP contribution in [0.3, 0.4) is 0 Å². The van der Waals surface area contributed by atoms with E-state index in [1.807, 2.05) is 57.0 Å². The average molecular weight is 277 g/mol. The lowest BCUT2D eigenvalue weighted by Gasteiger charge is -2.01. The minimum atomic E-state index is 0.767. The van der Waals surface area contributed by atoms with E-state index in [9.17, 15) is 0 Å². The minimum Gasteiger partial charge on any atom is -0.274 e. The van der Waals surface area contributed by atoms with Crippen LogP contribution in [0.25, 0.3) is 16.6 Å². The summed E-state index contributed by atoms with van der Waals surface area (Å²) in [5.41, 5.74) is 3.04. The Balaban J connectivity index is 0.000000637. The Morgan fingerprint density at radius 2 is 1.84 bits per heavy atom. The molecule has 0 aliphatic carbocycles. The number of halogens is 1. The van der Waals surface area contributed by atoms with Gasteiger partial charge < -0.3 is 0 Å². The van der Waals surface area contributed by atoms with Gasteiger partial charge in [0.25, 0.3) is 0 Å². The normalized spacial score (nSPS) is 10.4. The van der Waals surface area contributed by atoms with Gasteiger partial charge >= 0.3 is 0 Å². The summed E-state index contributed by atoms with van der Waals surface area (Å²) in [6.07, 6.45) is 5.53. The van der Waals surface area contributed by atoms with Crippen LogP contribution in [0.4, 0.5) is 0 Å². The quantitative estimate of drug-likeness (QED) is 0.679. The molecule has 3 rings (SSSR count). The fraction of sp³-hybridized carbons (Fsp3) is 0.286. The number of rotatable bonds is 1. The smallest absolute Gasteiger partial charge is 0.103 e. The first-order chi connectivity index (χ1) is 9.15. The number of aromatic nitrogens is 4. The van der Waals surface area contributed by atoms with Crippen LogP contribution in [-0.2, 0) is 7.05 Å². The second-order valence-corrected chi connectivity index (χ2v) is 4.50. The van der Waals surface area contributed by atoms with E-state index in [-0.39, 0.29) is 0 Å². The van der Waals surface area contributed by atoms with Crippen LogP contribution in [-0.4, -0.2) is 19.6 Å². The van der Waals surface area contributed by atoms with Crippen LogP contribution < -0.4 is 0 Å². The van der Waals surface area contributed by atoms with Crippen molar-refractivity contribution < 1.29 is 0 Å². The molecule has 0 unspecified atom stereocenters. The zero-order chi connectivity index (χ0) is 14.0. The van der Waals surface area contributed by atoms with E-state index in [0.717, 1.165) is 27.2 Å². The lowest BCUT2D eigenvalue weighted by Crippen LogP contribution is -1.94. The maximum absolute atomic E-state index is 6.09. The van der Waals surface area contributed by atoms with Gasteiger partial charge in [-0.15, -0.1) is 0 Å². The molecule has 1 aromatic carbocycles. The maximum atomic E-state index is 6.09. The van der Waals surface area contributed by atoms with Crippen molar-refractivity contribution in [3.8, 4) is 5.69 Å². The van der Waals surface area contributed by atoms with Gasteiger partial charge in [0.15, 0.2) is 0 Å². The molecule has 19 heavy (non-hydrogen) atoms. The van der Waals surface area contributed by atoms with Crippen molar-refractivity contribution in [1.29, 1.82) is 0 Å². The van der Waals surface area contributed by atoms with E-state index in [1.165, 1.54) is 0 Å². The largest absolute Gasteiger partial charge is 0.274 e. The van der Waals surface area contributed by atoms with Crippen LogP contribution in [0.15, 0.2) is 30.7 Å². The van der Waals surface area contributed by atoms with Crippen molar-refractivity contribution in [2.24, 2.45) is 7.05 Å². The van der Waals surface area contributed by atoms with Crippen molar-refractivity contribution in [2.75, 3.05) is 0 Å². The predicted molar refractivity (Wildman–Crippen MR) is 78.9 cm³/mol. The highest BCUT2D eigenvalue weighted by Crippen LogP contribution is 2.24. The number of aryl methyl sites for hydroxylation is 2. The summed E-state index contributed by atoms with van der Waals surface area (Å²) < 4.78 is 3.62. The van der Waals surface area contributed by atoms with Gasteiger partial charge in [0.1, 0.15) is 5.69 Å². The molecule has 0 aliphatic heterocycles. The summed E-state index contributed by atoms with van der Waals surface area (Å²) in [7, 11) is 1.89. The maximum Gasteiger partial charge on any atom is 0.103 e. The average Bonchev–Trinajstić information content (AvgIpc) is 2.99. The molecule has 0 saturated heterocycles. The van der Waals surface area contributed by atoms with Gasteiger partial charge in [-0.25, -0.2) is 4.68 Å². The molecule has 4 nitrogen and oxygen atoms in total. The number of hydrogen-bond acceptors (Lipinski definition) is 2. The zero-order valence-corrected chi connectivity index (χ0v) is 12.3. The lowest BCUT2D eigenvalue weighted by atomic mass is 10.2. The Labute approximate surface area is 117 Å².